The molecule has 0 amide bonds. The van der Waals surface area contributed by atoms with E-state index in [1.54, 1.807) is 0 Å². The summed E-state index contributed by atoms with van der Waals surface area (Å²) in [6.45, 7) is 2.95. The van der Waals surface area contributed by atoms with E-state index in [0.717, 1.165) is 6.08 Å². The van der Waals surface area contributed by atoms with Gasteiger partial charge >= 0.3 is 5.97 Å². The number of carbonyl (C=O) groups is 2. The van der Waals surface area contributed by atoms with Gasteiger partial charge in [-0.2, -0.15) is 0 Å². The van der Waals surface area contributed by atoms with Crippen LogP contribution in [0.3, 0.4) is 0 Å². The molecule has 4 heteroatoms. The first-order valence-electron chi connectivity index (χ1n) is 1.58. The molecule has 0 unspecified atom stereocenters. The molecule has 3 nitrogen and oxygen atoms in total. The minimum atomic E-state index is -1.46. The van der Waals surface area contributed by atoms with Crippen LogP contribution in [0, 0.1) is 0 Å². The van der Waals surface area contributed by atoms with Gasteiger partial charge in [-0.1, -0.05) is 6.58 Å². The van der Waals surface area contributed by atoms with E-state index in [-0.39, 0.29) is 4.70 Å². The first kappa shape index (κ1) is 9.94. The van der Waals surface area contributed by atoms with Crippen molar-refractivity contribution in [2.75, 3.05) is 0 Å². The van der Waals surface area contributed by atoms with Gasteiger partial charge < -0.3 is 5.11 Å². The van der Waals surface area contributed by atoms with Gasteiger partial charge in [0.2, 0.25) is 0 Å². The summed E-state index contributed by atoms with van der Waals surface area (Å²) in [7, 11) is 0. The largest absolute Gasteiger partial charge is 0.475 e. The highest BCUT2D eigenvalue weighted by atomic mass is 19.0. The normalized spacial score (nSPS) is 6.50. The number of carbonyl (C=O) groups excluding carboxylic acids is 1. The van der Waals surface area contributed by atoms with E-state index >= 15 is 0 Å². The fourth-order valence-corrected chi connectivity index (χ4v) is 0.0873. The van der Waals surface area contributed by atoms with Crippen LogP contribution in [0.5, 0.6) is 0 Å². The quantitative estimate of drug-likeness (QED) is 0.411. The summed E-state index contributed by atoms with van der Waals surface area (Å²) in [5.74, 6) is -2.44. The fourth-order valence-electron chi connectivity index (χ4n) is 0.0873. The van der Waals surface area contributed by atoms with Crippen molar-refractivity contribution in [2.24, 2.45) is 0 Å². The second-order valence-electron chi connectivity index (χ2n) is 0.874. The third-order valence-electron chi connectivity index (χ3n) is 0.396. The molecule has 0 aliphatic carbocycles. The van der Waals surface area contributed by atoms with Gasteiger partial charge in [-0.05, 0) is 6.08 Å². The Morgan fingerprint density at radius 2 is 1.88 bits per heavy atom. The van der Waals surface area contributed by atoms with Crippen molar-refractivity contribution in [3.8, 4) is 0 Å². The predicted molar refractivity (Wildman–Crippen MR) is 25.3 cm³/mol. The zero-order valence-electron chi connectivity index (χ0n) is 3.96. The molecule has 0 rings (SSSR count). The molecule has 0 bridgehead atoms. The summed E-state index contributed by atoms with van der Waals surface area (Å²) >= 11 is 0. The Morgan fingerprint density at radius 3 is 1.88 bits per heavy atom. The topological polar surface area (TPSA) is 54.4 Å². The first-order valence-corrected chi connectivity index (χ1v) is 1.58. The lowest BCUT2D eigenvalue weighted by Crippen LogP contribution is -2.07. The summed E-state index contributed by atoms with van der Waals surface area (Å²) < 4.78 is 0. The molecule has 8 heavy (non-hydrogen) atoms. The molecule has 0 saturated heterocycles. The molecule has 0 aliphatic rings. The van der Waals surface area contributed by atoms with E-state index in [1.807, 2.05) is 0 Å². The molecule has 0 aromatic rings. The molecule has 0 aromatic carbocycles. The molecule has 0 heterocycles. The van der Waals surface area contributed by atoms with Crippen LogP contribution < -0.4 is 0 Å². The van der Waals surface area contributed by atoms with Crippen LogP contribution in [0.15, 0.2) is 12.7 Å². The number of halogens is 1. The average molecular weight is 120 g/mol. The Kier molecular flexibility index (Phi) is 4.95. The number of carboxylic acid groups (broad SMARTS) is 1. The van der Waals surface area contributed by atoms with Crippen molar-refractivity contribution in [1.82, 2.24) is 0 Å². The number of aliphatic carboxylic acids is 1. The van der Waals surface area contributed by atoms with Crippen molar-refractivity contribution >= 4 is 11.8 Å². The van der Waals surface area contributed by atoms with Gasteiger partial charge in [0.25, 0.3) is 5.78 Å². The molecule has 0 atom stereocenters. The van der Waals surface area contributed by atoms with Gasteiger partial charge in [-0.25, -0.2) is 4.79 Å². The maximum atomic E-state index is 9.79. The van der Waals surface area contributed by atoms with Gasteiger partial charge in [0.1, 0.15) is 0 Å². The highest BCUT2D eigenvalue weighted by Gasteiger charge is 2.02. The molecule has 0 aromatic heterocycles. The standard InChI is InChI=1S/C4H4O3.FH/c1-2-3(5)4(6)7;/h2H,1H2,(H,6,7);1H. The van der Waals surface area contributed by atoms with Gasteiger partial charge in [0, 0.05) is 0 Å². The maximum absolute atomic E-state index is 9.79. The minimum absolute atomic E-state index is 0. The first-order chi connectivity index (χ1) is 3.18. The van der Waals surface area contributed by atoms with E-state index in [4.69, 9.17) is 5.11 Å². The van der Waals surface area contributed by atoms with Gasteiger partial charge in [-0.15, -0.1) is 0 Å². The van der Waals surface area contributed by atoms with Gasteiger partial charge in [-0.3, -0.25) is 9.50 Å². The van der Waals surface area contributed by atoms with Crippen LogP contribution in [0.1, 0.15) is 0 Å². The Labute approximate surface area is 45.0 Å². The molecule has 46 valence electrons. The van der Waals surface area contributed by atoms with Crippen LogP contribution in [0.4, 0.5) is 4.70 Å². The zero-order chi connectivity index (χ0) is 5.86. The van der Waals surface area contributed by atoms with Crippen molar-refractivity contribution in [2.45, 2.75) is 0 Å². The maximum Gasteiger partial charge on any atom is 0.376 e. The number of rotatable bonds is 2. The Hall–Kier alpha value is -1.19. The Morgan fingerprint density at radius 1 is 1.50 bits per heavy atom. The summed E-state index contributed by atoms with van der Waals surface area (Å²) in [4.78, 5) is 19.3. The second kappa shape index (κ2) is 3.98. The van der Waals surface area contributed by atoms with Crippen molar-refractivity contribution in [3.63, 3.8) is 0 Å². The van der Waals surface area contributed by atoms with Crippen LogP contribution in [0.2, 0.25) is 0 Å². The third kappa shape index (κ3) is 3.02. The van der Waals surface area contributed by atoms with E-state index in [1.165, 1.54) is 0 Å². The van der Waals surface area contributed by atoms with Gasteiger partial charge in [0.05, 0.1) is 0 Å². The summed E-state index contributed by atoms with van der Waals surface area (Å²) in [6, 6.07) is 0. The van der Waals surface area contributed by atoms with Crippen molar-refractivity contribution < 1.29 is 19.4 Å². The smallest absolute Gasteiger partial charge is 0.376 e. The SMILES string of the molecule is C=CC(=O)C(=O)O.F. The predicted octanol–water partition coefficient (Wildman–Crippen LogP) is -0.0214. The van der Waals surface area contributed by atoms with Crippen LogP contribution in [0.25, 0.3) is 0 Å². The fraction of sp³-hybridized carbons (Fsp3) is 0. The molecular formula is C4H5FO3. The Bertz CT molecular complexity index is 118. The second-order valence-corrected chi connectivity index (χ2v) is 0.874. The van der Waals surface area contributed by atoms with E-state index in [9.17, 15) is 9.59 Å². The summed E-state index contributed by atoms with van der Waals surface area (Å²) in [6.07, 6.45) is 0.752. The molecule has 0 fully saturated rings. The number of hydrogen-bond acceptors (Lipinski definition) is 2. The highest BCUT2D eigenvalue weighted by Crippen LogP contribution is 1.68. The van der Waals surface area contributed by atoms with Gasteiger partial charge in [0.15, 0.2) is 0 Å². The van der Waals surface area contributed by atoms with Crippen LogP contribution in [-0.2, 0) is 9.59 Å². The average Bonchev–Trinajstić information content (AvgIpc) is 1.65. The number of ketones is 1. The van der Waals surface area contributed by atoms with Crippen LogP contribution >= 0.6 is 0 Å². The lowest BCUT2D eigenvalue weighted by atomic mass is 10.4. The third-order valence-corrected chi connectivity index (χ3v) is 0.396. The summed E-state index contributed by atoms with van der Waals surface area (Å²) in [5, 5.41) is 7.76. The van der Waals surface area contributed by atoms with E-state index < -0.39 is 11.8 Å². The highest BCUT2D eigenvalue weighted by molar-refractivity contribution is 6.37. The van der Waals surface area contributed by atoms with Crippen LogP contribution in [-0.4, -0.2) is 16.9 Å². The summed E-state index contributed by atoms with van der Waals surface area (Å²) in [5.41, 5.74) is 0. The molecular weight excluding hydrogens is 115 g/mol. The van der Waals surface area contributed by atoms with E-state index in [2.05, 4.69) is 6.58 Å². The molecule has 0 saturated carbocycles. The van der Waals surface area contributed by atoms with Crippen molar-refractivity contribution in [3.05, 3.63) is 12.7 Å². The van der Waals surface area contributed by atoms with Crippen molar-refractivity contribution in [1.29, 1.82) is 0 Å². The monoisotopic (exact) mass is 120 g/mol. The zero-order valence-corrected chi connectivity index (χ0v) is 3.96. The lowest BCUT2D eigenvalue weighted by Gasteiger charge is -1.75. The Balaban J connectivity index is 0. The molecule has 0 radical (unpaired) electrons. The van der Waals surface area contributed by atoms with E-state index in [0.29, 0.717) is 0 Å². The minimum Gasteiger partial charge on any atom is -0.475 e. The molecule has 0 spiro atoms. The lowest BCUT2D eigenvalue weighted by molar-refractivity contribution is -0.146. The molecule has 0 aliphatic heterocycles. The number of hydrogen-bond donors (Lipinski definition) is 1. The molecule has 1 N–H and O–H groups in total. The number of carboxylic acids is 1.